The number of likely N-dealkylation sites (N-methyl/N-ethyl adjacent to an activating group) is 1. The fourth-order valence-corrected chi connectivity index (χ4v) is 3.51. The van der Waals surface area contributed by atoms with E-state index < -0.39 is 0 Å². The first-order valence-electron chi connectivity index (χ1n) is 9.56. The molecule has 1 aliphatic rings. The van der Waals surface area contributed by atoms with Crippen LogP contribution in [-0.4, -0.2) is 60.5 Å². The van der Waals surface area contributed by atoms with Crippen molar-refractivity contribution in [3.8, 4) is 5.75 Å². The van der Waals surface area contributed by atoms with Gasteiger partial charge in [-0.3, -0.25) is 9.69 Å². The molecule has 2 rings (SSSR count). The highest BCUT2D eigenvalue weighted by molar-refractivity contribution is 5.80. The quantitative estimate of drug-likeness (QED) is 0.632. The molecule has 4 heteroatoms. The van der Waals surface area contributed by atoms with Crippen LogP contribution in [0.3, 0.4) is 0 Å². The molecule has 1 saturated heterocycles. The number of rotatable bonds is 6. The minimum absolute atomic E-state index is 0.0439. The van der Waals surface area contributed by atoms with E-state index in [0.29, 0.717) is 12.1 Å². The molecule has 0 spiro atoms. The van der Waals surface area contributed by atoms with Crippen LogP contribution < -0.4 is 0 Å². The molecular formula is C21H35N2O2+. The third-order valence-electron chi connectivity index (χ3n) is 5.57. The largest absolute Gasteiger partial charge is 0.507 e. The number of hydrogen-bond acceptors (Lipinski definition) is 3. The fourth-order valence-electron chi connectivity index (χ4n) is 3.51. The highest BCUT2D eigenvalue weighted by Crippen LogP contribution is 2.31. The number of nitrogens with zero attached hydrogens (tertiary/aromatic N) is 2. The van der Waals surface area contributed by atoms with Gasteiger partial charge in [0, 0.05) is 25.2 Å². The van der Waals surface area contributed by atoms with Gasteiger partial charge in [0.2, 0.25) is 0 Å². The molecule has 25 heavy (non-hydrogen) atoms. The summed E-state index contributed by atoms with van der Waals surface area (Å²) in [4.78, 5) is 13.8. The smallest absolute Gasteiger partial charge is 0.153 e. The van der Waals surface area contributed by atoms with Crippen LogP contribution in [0.15, 0.2) is 12.1 Å². The van der Waals surface area contributed by atoms with Gasteiger partial charge in [-0.25, -0.2) is 0 Å². The molecule has 0 aliphatic carbocycles. The van der Waals surface area contributed by atoms with Crippen molar-refractivity contribution >= 4 is 6.29 Å². The van der Waals surface area contributed by atoms with Crippen LogP contribution in [0, 0.1) is 0 Å². The van der Waals surface area contributed by atoms with Crippen molar-refractivity contribution in [2.75, 3.05) is 39.8 Å². The third kappa shape index (κ3) is 5.05. The van der Waals surface area contributed by atoms with Crippen molar-refractivity contribution in [3.63, 3.8) is 0 Å². The SMILES string of the molecule is CCCC[N+]1(C)CCN(Cc2cc(C(C)(C)C)cc(C=O)c2O)CC1. The van der Waals surface area contributed by atoms with E-state index in [1.807, 2.05) is 6.07 Å². The standard InChI is InChI=1S/C21H34N2O2/c1-6-7-10-23(5)11-8-22(9-12-23)15-17-13-19(21(2,3)4)14-18(16-24)20(17)25/h13-14,16H,6-12,15H2,1-5H3/p+1. The van der Waals surface area contributed by atoms with Crippen molar-refractivity contribution in [3.05, 3.63) is 28.8 Å². The van der Waals surface area contributed by atoms with Crippen molar-refractivity contribution in [2.45, 2.75) is 52.5 Å². The first kappa shape index (κ1) is 19.9. The second-order valence-corrected chi connectivity index (χ2v) is 8.86. The number of carbonyl (C=O) groups is 1. The Balaban J connectivity index is 2.12. The second-order valence-electron chi connectivity index (χ2n) is 8.86. The minimum atomic E-state index is -0.0439. The molecule has 0 radical (unpaired) electrons. The molecule has 0 aromatic heterocycles. The predicted molar refractivity (Wildman–Crippen MR) is 103 cm³/mol. The first-order chi connectivity index (χ1) is 11.7. The Bertz CT molecular complexity index is 597. The number of quaternary nitrogens is 1. The zero-order valence-corrected chi connectivity index (χ0v) is 16.6. The van der Waals surface area contributed by atoms with E-state index in [2.05, 4.69) is 45.7 Å². The summed E-state index contributed by atoms with van der Waals surface area (Å²) in [6, 6.07) is 3.89. The van der Waals surface area contributed by atoms with Gasteiger partial charge in [0.1, 0.15) is 5.75 Å². The Labute approximate surface area is 153 Å². The Morgan fingerprint density at radius 3 is 2.40 bits per heavy atom. The normalized spacial score (nSPS) is 18.3. The maximum absolute atomic E-state index is 11.4. The molecule has 0 atom stereocenters. The molecule has 1 heterocycles. The van der Waals surface area contributed by atoms with E-state index in [9.17, 15) is 9.90 Å². The van der Waals surface area contributed by atoms with Gasteiger partial charge >= 0.3 is 0 Å². The Morgan fingerprint density at radius 1 is 1.24 bits per heavy atom. The molecule has 0 saturated carbocycles. The highest BCUT2D eigenvalue weighted by atomic mass is 16.3. The Hall–Kier alpha value is -1.39. The number of unbranched alkanes of at least 4 members (excludes halogenated alkanes) is 1. The number of carbonyl (C=O) groups excluding carboxylic acids is 1. The summed E-state index contributed by atoms with van der Waals surface area (Å²) in [6.07, 6.45) is 3.30. The summed E-state index contributed by atoms with van der Waals surface area (Å²) in [6.45, 7) is 15.0. The van der Waals surface area contributed by atoms with Gasteiger partial charge in [0.05, 0.1) is 32.2 Å². The maximum atomic E-state index is 11.4. The average Bonchev–Trinajstić information content (AvgIpc) is 2.56. The molecule has 0 amide bonds. The molecule has 140 valence electrons. The van der Waals surface area contributed by atoms with Crippen molar-refractivity contribution in [1.82, 2.24) is 4.90 Å². The zero-order chi connectivity index (χ0) is 18.7. The monoisotopic (exact) mass is 347 g/mol. The second kappa shape index (κ2) is 7.88. The molecule has 1 N–H and O–H groups in total. The van der Waals surface area contributed by atoms with E-state index in [1.165, 1.54) is 19.4 Å². The van der Waals surface area contributed by atoms with Gasteiger partial charge < -0.3 is 9.59 Å². The minimum Gasteiger partial charge on any atom is -0.507 e. The topological polar surface area (TPSA) is 40.5 Å². The van der Waals surface area contributed by atoms with E-state index >= 15 is 0 Å². The van der Waals surface area contributed by atoms with E-state index in [1.54, 1.807) is 0 Å². The Kier molecular flexibility index (Phi) is 6.28. The molecule has 1 aromatic carbocycles. The summed E-state index contributed by atoms with van der Waals surface area (Å²) >= 11 is 0. The third-order valence-corrected chi connectivity index (χ3v) is 5.57. The summed E-state index contributed by atoms with van der Waals surface area (Å²) in [5.41, 5.74) is 2.34. The van der Waals surface area contributed by atoms with Gasteiger partial charge in [-0.05, 0) is 23.5 Å². The van der Waals surface area contributed by atoms with Crippen LogP contribution >= 0.6 is 0 Å². The summed E-state index contributed by atoms with van der Waals surface area (Å²) in [7, 11) is 2.36. The van der Waals surface area contributed by atoms with Crippen molar-refractivity contribution in [2.24, 2.45) is 0 Å². The number of phenols is 1. The van der Waals surface area contributed by atoms with Crippen molar-refractivity contribution < 1.29 is 14.4 Å². The van der Waals surface area contributed by atoms with Crippen LogP contribution in [0.5, 0.6) is 5.75 Å². The maximum Gasteiger partial charge on any atom is 0.153 e. The molecule has 0 unspecified atom stereocenters. The fraction of sp³-hybridized carbons (Fsp3) is 0.667. The summed E-state index contributed by atoms with van der Waals surface area (Å²) in [5.74, 6) is 0.150. The predicted octanol–water partition coefficient (Wildman–Crippen LogP) is 3.56. The first-order valence-corrected chi connectivity index (χ1v) is 9.56. The van der Waals surface area contributed by atoms with Crippen LogP contribution in [0.4, 0.5) is 0 Å². The number of aldehydes is 1. The van der Waals surface area contributed by atoms with E-state index in [0.717, 1.165) is 48.1 Å². The lowest BCUT2D eigenvalue weighted by Gasteiger charge is -2.42. The molecule has 1 fully saturated rings. The molecule has 1 aromatic rings. The van der Waals surface area contributed by atoms with Gasteiger partial charge in [-0.1, -0.05) is 40.2 Å². The lowest BCUT2D eigenvalue weighted by Crippen LogP contribution is -2.57. The van der Waals surface area contributed by atoms with Crippen LogP contribution in [0.25, 0.3) is 0 Å². The average molecular weight is 348 g/mol. The summed E-state index contributed by atoms with van der Waals surface area (Å²) in [5, 5.41) is 10.5. The Morgan fingerprint density at radius 2 is 1.88 bits per heavy atom. The van der Waals surface area contributed by atoms with Gasteiger partial charge in [0.25, 0.3) is 0 Å². The van der Waals surface area contributed by atoms with Gasteiger partial charge in [-0.2, -0.15) is 0 Å². The molecular weight excluding hydrogens is 312 g/mol. The number of phenolic OH excluding ortho intramolecular Hbond substituents is 1. The lowest BCUT2D eigenvalue weighted by molar-refractivity contribution is -0.914. The van der Waals surface area contributed by atoms with Gasteiger partial charge in [0.15, 0.2) is 6.29 Å². The van der Waals surface area contributed by atoms with E-state index in [-0.39, 0.29) is 11.2 Å². The summed E-state index contributed by atoms with van der Waals surface area (Å²) < 4.78 is 1.15. The number of aromatic hydroxyl groups is 1. The highest BCUT2D eigenvalue weighted by Gasteiger charge is 2.29. The van der Waals surface area contributed by atoms with Crippen LogP contribution in [0.2, 0.25) is 0 Å². The van der Waals surface area contributed by atoms with Gasteiger partial charge in [-0.15, -0.1) is 0 Å². The molecule has 4 nitrogen and oxygen atoms in total. The number of piperazine rings is 1. The van der Waals surface area contributed by atoms with Crippen LogP contribution in [0.1, 0.15) is 62.0 Å². The number of benzene rings is 1. The zero-order valence-electron chi connectivity index (χ0n) is 16.6. The van der Waals surface area contributed by atoms with Crippen molar-refractivity contribution in [1.29, 1.82) is 0 Å². The van der Waals surface area contributed by atoms with E-state index in [4.69, 9.17) is 0 Å². The van der Waals surface area contributed by atoms with Crippen LogP contribution in [-0.2, 0) is 12.0 Å². The number of hydrogen-bond donors (Lipinski definition) is 1. The lowest BCUT2D eigenvalue weighted by atomic mass is 9.84. The molecule has 0 bridgehead atoms. The molecule has 1 aliphatic heterocycles.